The molecule has 8 heteroatoms. The first-order valence-corrected chi connectivity index (χ1v) is 8.69. The van der Waals surface area contributed by atoms with Gasteiger partial charge in [-0.05, 0) is 49.7 Å². The summed E-state index contributed by atoms with van der Waals surface area (Å²) >= 11 is 6.10. The molecule has 1 aliphatic heterocycles. The first-order chi connectivity index (χ1) is 13.0. The normalized spacial score (nSPS) is 16.1. The van der Waals surface area contributed by atoms with Crippen LogP contribution in [0.1, 0.15) is 24.3 Å². The molecule has 0 spiro atoms. The number of esters is 1. The van der Waals surface area contributed by atoms with Crippen LogP contribution in [0.2, 0.25) is 5.02 Å². The Bertz CT molecular complexity index is 1070. The fourth-order valence-electron chi connectivity index (χ4n) is 3.17. The molecule has 3 aromatic rings. The van der Waals surface area contributed by atoms with Crippen molar-refractivity contribution in [3.63, 3.8) is 0 Å². The van der Waals surface area contributed by atoms with Crippen molar-refractivity contribution in [2.45, 2.75) is 19.9 Å². The van der Waals surface area contributed by atoms with Crippen molar-refractivity contribution in [1.29, 1.82) is 0 Å². The predicted octanol–water partition coefficient (Wildman–Crippen LogP) is 4.07. The van der Waals surface area contributed by atoms with E-state index in [0.717, 1.165) is 11.1 Å². The number of hydrogen-bond donors (Lipinski definition) is 1. The van der Waals surface area contributed by atoms with Gasteiger partial charge in [-0.15, -0.1) is 10.2 Å². The molecular formula is C19H17ClN4O3. The first kappa shape index (κ1) is 17.4. The molecule has 0 saturated heterocycles. The van der Waals surface area contributed by atoms with Crippen molar-refractivity contribution in [3.05, 3.63) is 58.6 Å². The summed E-state index contributed by atoms with van der Waals surface area (Å²) in [6.07, 6.45) is 1.54. The Morgan fingerprint density at radius 3 is 2.85 bits per heavy atom. The van der Waals surface area contributed by atoms with Gasteiger partial charge in [0.2, 0.25) is 5.95 Å². The average Bonchev–Trinajstić information content (AvgIpc) is 3.32. The van der Waals surface area contributed by atoms with Crippen molar-refractivity contribution in [1.82, 2.24) is 14.8 Å². The minimum absolute atomic E-state index is 0.440. The highest BCUT2D eigenvalue weighted by Crippen LogP contribution is 2.37. The Morgan fingerprint density at radius 2 is 2.11 bits per heavy atom. The molecule has 1 aliphatic rings. The highest BCUT2D eigenvalue weighted by Gasteiger charge is 2.34. The highest BCUT2D eigenvalue weighted by atomic mass is 35.5. The molecule has 0 radical (unpaired) electrons. The molecule has 0 amide bonds. The molecule has 27 heavy (non-hydrogen) atoms. The monoisotopic (exact) mass is 384 g/mol. The van der Waals surface area contributed by atoms with E-state index in [1.54, 1.807) is 10.9 Å². The number of hydrogen-bond acceptors (Lipinski definition) is 6. The van der Waals surface area contributed by atoms with E-state index in [4.69, 9.17) is 20.8 Å². The van der Waals surface area contributed by atoms with E-state index in [9.17, 15) is 4.79 Å². The Morgan fingerprint density at radius 1 is 1.30 bits per heavy atom. The number of carbonyl (C=O) groups is 1. The van der Waals surface area contributed by atoms with E-state index in [-0.39, 0.29) is 0 Å². The van der Waals surface area contributed by atoms with E-state index in [1.165, 1.54) is 7.11 Å². The second-order valence-electron chi connectivity index (χ2n) is 6.26. The van der Waals surface area contributed by atoms with Gasteiger partial charge in [-0.1, -0.05) is 11.6 Å². The van der Waals surface area contributed by atoms with Gasteiger partial charge in [0.05, 0.1) is 12.7 Å². The van der Waals surface area contributed by atoms with Crippen LogP contribution in [0.3, 0.4) is 0 Å². The van der Waals surface area contributed by atoms with Gasteiger partial charge >= 0.3 is 5.97 Å². The predicted molar refractivity (Wildman–Crippen MR) is 101 cm³/mol. The zero-order valence-electron chi connectivity index (χ0n) is 15.0. The van der Waals surface area contributed by atoms with Gasteiger partial charge in [0.15, 0.2) is 0 Å². The summed E-state index contributed by atoms with van der Waals surface area (Å²) in [5, 5.41) is 11.8. The SMILES string of the molecule is COC(=O)C1=C(C)n2cnnc2NC1c1ccc(-c2ccc(Cl)c(C)c2)o1. The van der Waals surface area contributed by atoms with E-state index in [1.807, 2.05) is 44.2 Å². The summed E-state index contributed by atoms with van der Waals surface area (Å²) in [5.41, 5.74) is 2.99. The quantitative estimate of drug-likeness (QED) is 0.685. The third kappa shape index (κ3) is 2.90. The number of halogens is 1. The van der Waals surface area contributed by atoms with Crippen LogP contribution in [0.4, 0.5) is 5.95 Å². The summed E-state index contributed by atoms with van der Waals surface area (Å²) in [7, 11) is 1.35. The average molecular weight is 385 g/mol. The number of ether oxygens (including phenoxy) is 1. The summed E-state index contributed by atoms with van der Waals surface area (Å²) in [6.45, 7) is 3.76. The maximum absolute atomic E-state index is 12.4. The molecule has 1 N–H and O–H groups in total. The van der Waals surface area contributed by atoms with Gasteiger partial charge < -0.3 is 14.5 Å². The maximum atomic E-state index is 12.4. The number of allylic oxidation sites excluding steroid dienone is 1. The van der Waals surface area contributed by atoms with Crippen LogP contribution < -0.4 is 5.32 Å². The fourth-order valence-corrected chi connectivity index (χ4v) is 3.29. The molecular weight excluding hydrogens is 368 g/mol. The summed E-state index contributed by atoms with van der Waals surface area (Å²) in [6, 6.07) is 8.85. The molecule has 1 aromatic carbocycles. The molecule has 2 aromatic heterocycles. The smallest absolute Gasteiger partial charge is 0.338 e. The lowest BCUT2D eigenvalue weighted by Crippen LogP contribution is -2.27. The largest absolute Gasteiger partial charge is 0.466 e. The summed E-state index contributed by atoms with van der Waals surface area (Å²) in [5.74, 6) is 1.35. The van der Waals surface area contributed by atoms with Gasteiger partial charge in [-0.25, -0.2) is 4.79 Å². The minimum atomic E-state index is -0.531. The highest BCUT2D eigenvalue weighted by molar-refractivity contribution is 6.31. The molecule has 0 bridgehead atoms. The third-order valence-electron chi connectivity index (χ3n) is 4.62. The number of nitrogens with zero attached hydrogens (tertiary/aromatic N) is 3. The van der Waals surface area contributed by atoms with Crippen LogP contribution in [-0.4, -0.2) is 27.8 Å². The molecule has 0 saturated carbocycles. The lowest BCUT2D eigenvalue weighted by Gasteiger charge is -2.26. The van der Waals surface area contributed by atoms with Crippen molar-refractivity contribution in [3.8, 4) is 11.3 Å². The van der Waals surface area contributed by atoms with Gasteiger partial charge in [-0.2, -0.15) is 0 Å². The number of furan rings is 1. The molecule has 0 fully saturated rings. The van der Waals surface area contributed by atoms with Crippen molar-refractivity contribution < 1.29 is 13.9 Å². The number of aromatic nitrogens is 3. The van der Waals surface area contributed by atoms with Crippen LogP contribution in [0.25, 0.3) is 17.0 Å². The second-order valence-corrected chi connectivity index (χ2v) is 6.67. The van der Waals surface area contributed by atoms with E-state index in [2.05, 4.69) is 15.5 Å². The molecule has 4 rings (SSSR count). The number of carbonyl (C=O) groups excluding carboxylic acids is 1. The third-order valence-corrected chi connectivity index (χ3v) is 5.04. The van der Waals surface area contributed by atoms with Crippen LogP contribution in [0.5, 0.6) is 0 Å². The number of methoxy groups -OCH3 is 1. The van der Waals surface area contributed by atoms with Gasteiger partial charge in [0.25, 0.3) is 0 Å². The van der Waals surface area contributed by atoms with Crippen molar-refractivity contribution >= 4 is 29.2 Å². The molecule has 138 valence electrons. The van der Waals surface area contributed by atoms with E-state index >= 15 is 0 Å². The number of nitrogens with one attached hydrogen (secondary N) is 1. The van der Waals surface area contributed by atoms with Gasteiger partial charge in [0, 0.05) is 16.3 Å². The van der Waals surface area contributed by atoms with E-state index < -0.39 is 12.0 Å². The number of benzene rings is 1. The summed E-state index contributed by atoms with van der Waals surface area (Å²) in [4.78, 5) is 12.4. The number of rotatable bonds is 3. The standard InChI is InChI=1S/C19H17ClN4O3/c1-10-8-12(4-5-13(10)20)14-6-7-15(27-14)17-16(18(25)26-3)11(2)24-9-21-23-19(24)22-17/h4-9,17H,1-3H3,(H,22,23). The van der Waals surface area contributed by atoms with E-state index in [0.29, 0.717) is 33.8 Å². The van der Waals surface area contributed by atoms with Crippen LogP contribution >= 0.6 is 11.6 Å². The maximum Gasteiger partial charge on any atom is 0.338 e. The fraction of sp³-hybridized carbons (Fsp3) is 0.211. The lowest BCUT2D eigenvalue weighted by atomic mass is 10.0. The number of fused-ring (bicyclic) bond motifs is 1. The Hall–Kier alpha value is -3.06. The molecule has 7 nitrogen and oxygen atoms in total. The summed E-state index contributed by atoms with van der Waals surface area (Å²) < 4.78 is 12.7. The Labute approximate surface area is 160 Å². The van der Waals surface area contributed by atoms with Gasteiger partial charge in [0.1, 0.15) is 23.9 Å². The van der Waals surface area contributed by atoms with Crippen LogP contribution in [0.15, 0.2) is 46.6 Å². The minimum Gasteiger partial charge on any atom is -0.466 e. The number of anilines is 1. The Kier molecular flexibility index (Phi) is 4.24. The number of aryl methyl sites for hydroxylation is 1. The molecule has 3 heterocycles. The van der Waals surface area contributed by atoms with Crippen molar-refractivity contribution in [2.24, 2.45) is 0 Å². The van der Waals surface area contributed by atoms with Crippen LogP contribution in [-0.2, 0) is 9.53 Å². The lowest BCUT2D eigenvalue weighted by molar-refractivity contribution is -0.136. The molecule has 0 aliphatic carbocycles. The second kappa shape index (κ2) is 6.59. The molecule has 1 atom stereocenters. The van der Waals surface area contributed by atoms with Crippen molar-refractivity contribution in [2.75, 3.05) is 12.4 Å². The zero-order valence-corrected chi connectivity index (χ0v) is 15.7. The molecule has 1 unspecified atom stereocenters. The zero-order chi connectivity index (χ0) is 19.1. The van der Waals surface area contributed by atoms with Gasteiger partial charge in [-0.3, -0.25) is 4.57 Å². The van der Waals surface area contributed by atoms with Crippen LogP contribution in [0, 0.1) is 6.92 Å². The topological polar surface area (TPSA) is 82.2 Å². The Balaban J connectivity index is 1.76. The first-order valence-electron chi connectivity index (χ1n) is 8.32.